The van der Waals surface area contributed by atoms with Crippen LogP contribution in [-0.2, 0) is 19.5 Å². The van der Waals surface area contributed by atoms with E-state index >= 15 is 0 Å². The van der Waals surface area contributed by atoms with Gasteiger partial charge in [0, 0.05) is 41.3 Å². The molecule has 4 rings (SSSR count). The van der Waals surface area contributed by atoms with Crippen LogP contribution in [0.25, 0.3) is 0 Å². The summed E-state index contributed by atoms with van der Waals surface area (Å²) in [6.07, 6.45) is 1.72. The molecular weight excluding hydrogens is 435 g/mol. The van der Waals surface area contributed by atoms with Gasteiger partial charge >= 0.3 is 0 Å². The van der Waals surface area contributed by atoms with E-state index in [9.17, 15) is 9.59 Å². The molecule has 1 aromatic heterocycles. The lowest BCUT2D eigenvalue weighted by atomic mass is 10.1. The lowest BCUT2D eigenvalue weighted by Crippen LogP contribution is -2.39. The Kier molecular flexibility index (Phi) is 6.59. The van der Waals surface area contributed by atoms with E-state index in [1.165, 1.54) is 5.56 Å². The molecule has 0 unspecified atom stereocenters. The summed E-state index contributed by atoms with van der Waals surface area (Å²) < 4.78 is 1.59. The summed E-state index contributed by atoms with van der Waals surface area (Å²) in [6, 6.07) is 17.0. The molecule has 0 atom stereocenters. The highest BCUT2D eigenvalue weighted by atomic mass is 35.5. The predicted octanol–water partition coefficient (Wildman–Crippen LogP) is 4.21. The van der Waals surface area contributed by atoms with Crippen molar-refractivity contribution in [2.75, 3.05) is 13.1 Å². The van der Waals surface area contributed by atoms with Crippen molar-refractivity contribution in [3.63, 3.8) is 0 Å². The third-order valence-electron chi connectivity index (χ3n) is 5.28. The number of aryl methyl sites for hydroxylation is 1. The molecule has 2 aromatic carbocycles. The smallest absolute Gasteiger partial charge is 0.272 e. The summed E-state index contributed by atoms with van der Waals surface area (Å²) >= 11 is 12.5. The maximum absolute atomic E-state index is 12.9. The van der Waals surface area contributed by atoms with Gasteiger partial charge < -0.3 is 10.2 Å². The zero-order valence-electron chi connectivity index (χ0n) is 16.9. The van der Waals surface area contributed by atoms with Crippen molar-refractivity contribution >= 4 is 35.0 Å². The summed E-state index contributed by atoms with van der Waals surface area (Å²) in [6.45, 7) is 1.82. The maximum atomic E-state index is 12.9. The SMILES string of the molecule is O=C(NCCCc1ccccc1)c1cc2n(n1)CCN(Cc1c(Cl)cccc1Cl)C2=O. The van der Waals surface area contributed by atoms with Gasteiger partial charge in [-0.3, -0.25) is 14.3 Å². The largest absolute Gasteiger partial charge is 0.351 e. The molecule has 1 N–H and O–H groups in total. The molecule has 6 nitrogen and oxygen atoms in total. The van der Waals surface area contributed by atoms with Crippen molar-refractivity contribution in [3.8, 4) is 0 Å². The van der Waals surface area contributed by atoms with Gasteiger partial charge in [-0.25, -0.2) is 0 Å². The molecule has 31 heavy (non-hydrogen) atoms. The normalized spacial score (nSPS) is 13.2. The number of carbonyl (C=O) groups excluding carboxylic acids is 2. The number of aromatic nitrogens is 2. The molecule has 0 fully saturated rings. The Balaban J connectivity index is 1.36. The molecule has 2 amide bonds. The average Bonchev–Trinajstić information content (AvgIpc) is 3.21. The number of hydrogen-bond donors (Lipinski definition) is 1. The fraction of sp³-hybridized carbons (Fsp3) is 0.261. The maximum Gasteiger partial charge on any atom is 0.272 e. The highest BCUT2D eigenvalue weighted by Gasteiger charge is 2.28. The van der Waals surface area contributed by atoms with E-state index < -0.39 is 0 Å². The number of nitrogens with one attached hydrogen (secondary N) is 1. The monoisotopic (exact) mass is 456 g/mol. The highest BCUT2D eigenvalue weighted by Crippen LogP contribution is 2.27. The Morgan fingerprint density at radius 1 is 1.03 bits per heavy atom. The summed E-state index contributed by atoms with van der Waals surface area (Å²) in [4.78, 5) is 27.1. The summed E-state index contributed by atoms with van der Waals surface area (Å²) in [5.41, 5.74) is 2.59. The second-order valence-corrected chi connectivity index (χ2v) is 8.22. The van der Waals surface area contributed by atoms with Gasteiger partial charge in [-0.1, -0.05) is 59.6 Å². The van der Waals surface area contributed by atoms with Crippen LogP contribution in [0, 0.1) is 0 Å². The first-order valence-electron chi connectivity index (χ1n) is 10.1. The van der Waals surface area contributed by atoms with Crippen molar-refractivity contribution in [1.82, 2.24) is 20.0 Å². The first kappa shape index (κ1) is 21.4. The first-order valence-corrected chi connectivity index (χ1v) is 10.9. The molecule has 0 saturated heterocycles. The number of amides is 2. The Bertz CT molecular complexity index is 1080. The fourth-order valence-electron chi connectivity index (χ4n) is 3.60. The van der Waals surface area contributed by atoms with Crippen molar-refractivity contribution in [2.45, 2.75) is 25.9 Å². The minimum Gasteiger partial charge on any atom is -0.351 e. The second kappa shape index (κ2) is 9.54. The Morgan fingerprint density at radius 3 is 2.52 bits per heavy atom. The van der Waals surface area contributed by atoms with Crippen LogP contribution < -0.4 is 5.32 Å². The Morgan fingerprint density at radius 2 is 1.77 bits per heavy atom. The van der Waals surface area contributed by atoms with Crippen LogP contribution in [0.15, 0.2) is 54.6 Å². The number of benzene rings is 2. The number of carbonyl (C=O) groups is 2. The standard InChI is InChI=1S/C23H22Cl2N4O2/c24-18-9-4-10-19(25)17(18)15-28-12-13-29-21(23(28)31)14-20(27-29)22(30)26-11-5-8-16-6-2-1-3-7-16/h1-4,6-7,9-10,14H,5,8,11-13,15H2,(H,26,30). The van der Waals surface area contributed by atoms with E-state index in [2.05, 4.69) is 22.5 Å². The summed E-state index contributed by atoms with van der Waals surface area (Å²) in [5, 5.41) is 8.25. The van der Waals surface area contributed by atoms with Gasteiger partial charge in [-0.2, -0.15) is 5.10 Å². The van der Waals surface area contributed by atoms with Crippen LogP contribution >= 0.6 is 23.2 Å². The average molecular weight is 457 g/mol. The molecule has 0 saturated carbocycles. The van der Waals surface area contributed by atoms with Gasteiger partial charge in [-0.05, 0) is 30.5 Å². The van der Waals surface area contributed by atoms with Gasteiger partial charge in [0.2, 0.25) is 0 Å². The predicted molar refractivity (Wildman–Crippen MR) is 121 cm³/mol. The van der Waals surface area contributed by atoms with Crippen LogP contribution in [0.4, 0.5) is 0 Å². The molecule has 2 heterocycles. The fourth-order valence-corrected chi connectivity index (χ4v) is 4.12. The zero-order chi connectivity index (χ0) is 21.8. The van der Waals surface area contributed by atoms with Crippen LogP contribution in [0.2, 0.25) is 10.0 Å². The van der Waals surface area contributed by atoms with Gasteiger partial charge in [0.25, 0.3) is 11.8 Å². The number of nitrogens with zero attached hydrogens (tertiary/aromatic N) is 3. The topological polar surface area (TPSA) is 67.2 Å². The molecule has 1 aliphatic heterocycles. The minimum absolute atomic E-state index is 0.196. The molecule has 160 valence electrons. The van der Waals surface area contributed by atoms with Gasteiger partial charge in [0.15, 0.2) is 5.69 Å². The number of halogens is 2. The van der Waals surface area contributed by atoms with E-state index in [1.54, 1.807) is 33.8 Å². The molecule has 0 radical (unpaired) electrons. The van der Waals surface area contributed by atoms with Crippen LogP contribution in [0.5, 0.6) is 0 Å². The zero-order valence-corrected chi connectivity index (χ0v) is 18.4. The van der Waals surface area contributed by atoms with Gasteiger partial charge in [-0.15, -0.1) is 0 Å². The number of hydrogen-bond acceptors (Lipinski definition) is 3. The third-order valence-corrected chi connectivity index (χ3v) is 5.99. The quantitative estimate of drug-likeness (QED) is 0.541. The van der Waals surface area contributed by atoms with E-state index in [-0.39, 0.29) is 17.5 Å². The van der Waals surface area contributed by atoms with E-state index in [4.69, 9.17) is 23.2 Å². The van der Waals surface area contributed by atoms with E-state index in [1.807, 2.05) is 18.2 Å². The van der Waals surface area contributed by atoms with Crippen LogP contribution in [0.3, 0.4) is 0 Å². The lowest BCUT2D eigenvalue weighted by Gasteiger charge is -2.28. The number of rotatable bonds is 7. The highest BCUT2D eigenvalue weighted by molar-refractivity contribution is 6.36. The van der Waals surface area contributed by atoms with Crippen molar-refractivity contribution in [3.05, 3.63) is 87.2 Å². The Hall–Kier alpha value is -2.83. The van der Waals surface area contributed by atoms with Gasteiger partial charge in [0.1, 0.15) is 5.69 Å². The van der Waals surface area contributed by atoms with Crippen molar-refractivity contribution in [2.24, 2.45) is 0 Å². The molecule has 1 aliphatic rings. The number of fused-ring (bicyclic) bond motifs is 1. The van der Waals surface area contributed by atoms with Crippen LogP contribution in [-0.4, -0.2) is 39.6 Å². The van der Waals surface area contributed by atoms with E-state index in [0.717, 1.165) is 12.8 Å². The molecule has 3 aromatic rings. The third kappa shape index (κ3) is 4.92. The van der Waals surface area contributed by atoms with Crippen LogP contribution in [0.1, 0.15) is 38.5 Å². The van der Waals surface area contributed by atoms with E-state index in [0.29, 0.717) is 47.5 Å². The summed E-state index contributed by atoms with van der Waals surface area (Å²) in [5.74, 6) is -0.471. The van der Waals surface area contributed by atoms with Crippen molar-refractivity contribution < 1.29 is 9.59 Å². The lowest BCUT2D eigenvalue weighted by molar-refractivity contribution is 0.0683. The summed E-state index contributed by atoms with van der Waals surface area (Å²) in [7, 11) is 0. The molecule has 0 aliphatic carbocycles. The molecular formula is C23H22Cl2N4O2. The Labute approximate surface area is 190 Å². The minimum atomic E-state index is -0.275. The van der Waals surface area contributed by atoms with Gasteiger partial charge in [0.05, 0.1) is 6.54 Å². The van der Waals surface area contributed by atoms with Crippen molar-refractivity contribution in [1.29, 1.82) is 0 Å². The molecule has 0 spiro atoms. The molecule has 0 bridgehead atoms. The second-order valence-electron chi connectivity index (χ2n) is 7.41. The molecule has 8 heteroatoms. The first-order chi connectivity index (χ1) is 15.0.